The molecule has 0 radical (unpaired) electrons. The molecule has 4 aliphatic heterocycles. The largest absolute Gasteiger partial charge is 0.492 e. The van der Waals surface area contributed by atoms with Gasteiger partial charge in [0.15, 0.2) is 0 Å². The maximum atomic E-state index is 15.7. The molecule has 306 valence electrons. The van der Waals surface area contributed by atoms with Crippen molar-refractivity contribution in [3.05, 3.63) is 132 Å². The molecule has 59 heavy (non-hydrogen) atoms. The van der Waals surface area contributed by atoms with Crippen molar-refractivity contribution in [2.75, 3.05) is 56.7 Å². The quantitative estimate of drug-likeness (QED) is 0.0729. The molecule has 8 nitrogen and oxygen atoms in total. The van der Waals surface area contributed by atoms with Gasteiger partial charge in [-0.3, -0.25) is 24.7 Å². The zero-order valence-electron chi connectivity index (χ0n) is 33.6. The number of benzene rings is 4. The van der Waals surface area contributed by atoms with Crippen molar-refractivity contribution < 1.29 is 18.7 Å². The monoisotopic (exact) mass is 813 g/mol. The number of nitrogens with zero attached hydrogens (tertiary/aromatic N) is 4. The first-order valence-corrected chi connectivity index (χ1v) is 21.9. The van der Waals surface area contributed by atoms with Crippen LogP contribution in [0.2, 0.25) is 0 Å². The van der Waals surface area contributed by atoms with E-state index in [4.69, 9.17) is 16.3 Å². The number of ether oxygens (including phenoxy) is 1. The summed E-state index contributed by atoms with van der Waals surface area (Å²) >= 11 is 6.35. The molecule has 5 aromatic rings. The van der Waals surface area contributed by atoms with Crippen LogP contribution >= 0.6 is 11.6 Å². The molecule has 0 saturated carbocycles. The minimum atomic E-state index is -0.450. The van der Waals surface area contributed by atoms with Crippen LogP contribution in [0.15, 0.2) is 109 Å². The number of fused-ring (bicyclic) bond motifs is 3. The number of aromatic nitrogens is 1. The zero-order valence-corrected chi connectivity index (χ0v) is 34.3. The molecule has 1 aromatic heterocycles. The lowest BCUT2D eigenvalue weighted by molar-refractivity contribution is -0.135. The molecule has 3 atom stereocenters. The van der Waals surface area contributed by atoms with E-state index in [1.807, 2.05) is 29.1 Å². The van der Waals surface area contributed by atoms with E-state index in [-0.39, 0.29) is 17.6 Å². The number of rotatable bonds is 13. The van der Waals surface area contributed by atoms with Crippen molar-refractivity contribution in [3.8, 4) is 5.75 Å². The normalized spacial score (nSPS) is 22.1. The second-order valence-corrected chi connectivity index (χ2v) is 17.2. The predicted molar refractivity (Wildman–Crippen MR) is 234 cm³/mol. The molecule has 2 amide bonds. The Balaban J connectivity index is 0.762. The number of alkyl halides is 1. The first kappa shape index (κ1) is 39.5. The lowest BCUT2D eigenvalue weighted by Crippen LogP contribution is -2.55. The highest BCUT2D eigenvalue weighted by atomic mass is 35.5. The van der Waals surface area contributed by atoms with Gasteiger partial charge >= 0.3 is 0 Å². The highest BCUT2D eigenvalue weighted by Crippen LogP contribution is 2.40. The van der Waals surface area contributed by atoms with Gasteiger partial charge in [0.05, 0.1) is 5.69 Å². The number of piperidine rings is 2. The highest BCUT2D eigenvalue weighted by Gasteiger charge is 2.41. The number of hydrogen-bond donors (Lipinski definition) is 1. The van der Waals surface area contributed by atoms with E-state index in [9.17, 15) is 9.59 Å². The summed E-state index contributed by atoms with van der Waals surface area (Å²) in [6, 6.07) is 33.4. The molecular formula is C49H53ClFN5O3. The molecule has 0 aliphatic carbocycles. The second-order valence-electron chi connectivity index (χ2n) is 16.8. The number of carbonyl (C=O) groups is 2. The van der Waals surface area contributed by atoms with Crippen molar-refractivity contribution in [2.45, 2.75) is 63.1 Å². The summed E-state index contributed by atoms with van der Waals surface area (Å²) in [5, 5.41) is 4.13. The molecule has 9 rings (SSSR count). The number of nitrogens with one attached hydrogen (secondary N) is 1. The van der Waals surface area contributed by atoms with Crippen molar-refractivity contribution in [1.29, 1.82) is 0 Å². The minimum absolute atomic E-state index is 0.206. The van der Waals surface area contributed by atoms with E-state index >= 15 is 4.39 Å². The van der Waals surface area contributed by atoms with Crippen LogP contribution in [0.3, 0.4) is 0 Å². The number of piperazine rings is 1. The molecule has 4 aromatic carbocycles. The molecule has 0 spiro atoms. The SMILES string of the molecule is O=C1CCC(n2cc3cc(F)c(N4C5CCC4CN(CC4CCN(CCOc6ccc(C(=C(CCCl)c7ccccc7)c7ccccc7)cc6)CC4)C5)cc3c2)C(=O)N1. The fourth-order valence-corrected chi connectivity index (χ4v) is 10.3. The van der Waals surface area contributed by atoms with Crippen LogP contribution in [0.4, 0.5) is 10.1 Å². The molecule has 1 N–H and O–H groups in total. The molecule has 3 unspecified atom stereocenters. The highest BCUT2D eigenvalue weighted by molar-refractivity contribution is 6.18. The molecule has 4 fully saturated rings. The zero-order chi connectivity index (χ0) is 40.3. The summed E-state index contributed by atoms with van der Waals surface area (Å²) < 4.78 is 23.9. The number of allylic oxidation sites excluding steroid dienone is 1. The third kappa shape index (κ3) is 8.70. The Kier molecular flexibility index (Phi) is 11.9. The van der Waals surface area contributed by atoms with Gasteiger partial charge in [0.1, 0.15) is 24.2 Å². The van der Waals surface area contributed by atoms with Crippen molar-refractivity contribution >= 4 is 51.0 Å². The summed E-state index contributed by atoms with van der Waals surface area (Å²) in [6.45, 7) is 6.75. The Labute approximate surface area is 351 Å². The molecule has 4 saturated heterocycles. The van der Waals surface area contributed by atoms with E-state index in [1.165, 1.54) is 35.1 Å². The van der Waals surface area contributed by atoms with Gasteiger partial charge in [-0.2, -0.15) is 0 Å². The summed E-state index contributed by atoms with van der Waals surface area (Å²) in [5.74, 6) is 1.36. The fourth-order valence-electron chi connectivity index (χ4n) is 10.1. The Morgan fingerprint density at radius 1 is 0.763 bits per heavy atom. The molecule has 4 aliphatic rings. The van der Waals surface area contributed by atoms with Gasteiger partial charge in [-0.05, 0) is 110 Å². The van der Waals surface area contributed by atoms with E-state index in [1.54, 1.807) is 6.07 Å². The third-order valence-corrected chi connectivity index (χ3v) is 13.2. The standard InChI is InChI=1S/C49H53ClFN5O3/c50-22-19-43(35-7-3-1-4-8-35)48(36-9-5-2-6-10-36)37-11-15-42(16-12-37)59-26-25-53-23-20-34(21-24-53)29-54-32-40-13-14-41(33-54)56(40)46-28-39-31-55(30-38(39)27-44(46)51)45-17-18-47(57)52-49(45)58/h1-12,15-16,27-28,30-31,34,40-41,45H,13-14,17-26,29,32-33H2,(H,52,57,58). The fraction of sp³-hybridized carbons (Fsp3) is 0.388. The van der Waals surface area contributed by atoms with Gasteiger partial charge in [-0.1, -0.05) is 72.8 Å². The van der Waals surface area contributed by atoms with Crippen molar-refractivity contribution in [3.63, 3.8) is 0 Å². The summed E-state index contributed by atoms with van der Waals surface area (Å²) in [7, 11) is 0. The topological polar surface area (TPSA) is 70.0 Å². The number of carbonyl (C=O) groups excluding carboxylic acids is 2. The Bertz CT molecular complexity index is 2280. The van der Waals surface area contributed by atoms with Gasteiger partial charge in [0.2, 0.25) is 11.8 Å². The first-order valence-electron chi connectivity index (χ1n) is 21.4. The van der Waals surface area contributed by atoms with Crippen molar-refractivity contribution in [2.24, 2.45) is 5.92 Å². The summed E-state index contributed by atoms with van der Waals surface area (Å²) in [5.41, 5.74) is 6.63. The van der Waals surface area contributed by atoms with Crippen LogP contribution < -0.4 is 15.0 Å². The van der Waals surface area contributed by atoms with Crippen LogP contribution in [0.1, 0.15) is 67.7 Å². The number of imide groups is 1. The van der Waals surface area contributed by atoms with Crippen LogP contribution in [-0.2, 0) is 9.59 Å². The van der Waals surface area contributed by atoms with Crippen LogP contribution in [0.25, 0.3) is 21.9 Å². The smallest absolute Gasteiger partial charge is 0.249 e. The number of likely N-dealkylation sites (tertiary alicyclic amines) is 2. The Morgan fingerprint density at radius 3 is 2.07 bits per heavy atom. The van der Waals surface area contributed by atoms with E-state index in [0.29, 0.717) is 49.0 Å². The molecule has 10 heteroatoms. The van der Waals surface area contributed by atoms with Gasteiger partial charge in [-0.25, -0.2) is 4.39 Å². The number of anilines is 1. The van der Waals surface area contributed by atoms with Crippen LogP contribution in [0, 0.1) is 11.7 Å². The number of hydrogen-bond acceptors (Lipinski definition) is 6. The Morgan fingerprint density at radius 2 is 1.41 bits per heavy atom. The summed E-state index contributed by atoms with van der Waals surface area (Å²) in [6.07, 6.45) is 9.81. The molecule has 5 heterocycles. The molecule has 2 bridgehead atoms. The maximum absolute atomic E-state index is 15.7. The van der Waals surface area contributed by atoms with E-state index in [2.05, 4.69) is 98.9 Å². The minimum Gasteiger partial charge on any atom is -0.492 e. The maximum Gasteiger partial charge on any atom is 0.249 e. The predicted octanol–water partition coefficient (Wildman–Crippen LogP) is 8.79. The average Bonchev–Trinajstić information content (AvgIpc) is 3.78. The van der Waals surface area contributed by atoms with Crippen molar-refractivity contribution in [1.82, 2.24) is 19.7 Å². The summed E-state index contributed by atoms with van der Waals surface area (Å²) in [4.78, 5) is 31.7. The lowest BCUT2D eigenvalue weighted by Gasteiger charge is -2.44. The van der Waals surface area contributed by atoms with Gasteiger partial charge in [0.25, 0.3) is 0 Å². The lowest BCUT2D eigenvalue weighted by atomic mass is 9.88. The van der Waals surface area contributed by atoms with Gasteiger partial charge in [0, 0.05) is 73.7 Å². The van der Waals surface area contributed by atoms with E-state index in [0.717, 1.165) is 80.6 Å². The Hall–Kier alpha value is -4.96. The van der Waals surface area contributed by atoms with Gasteiger partial charge in [-0.15, -0.1) is 11.6 Å². The second kappa shape index (κ2) is 17.7. The first-order chi connectivity index (χ1) is 28.9. The van der Waals surface area contributed by atoms with Crippen LogP contribution in [0.5, 0.6) is 5.75 Å². The number of halogens is 2. The molecular weight excluding hydrogens is 761 g/mol. The van der Waals surface area contributed by atoms with Crippen LogP contribution in [-0.4, -0.2) is 90.0 Å². The number of amides is 2. The van der Waals surface area contributed by atoms with Gasteiger partial charge < -0.3 is 14.2 Å². The van der Waals surface area contributed by atoms with E-state index < -0.39 is 6.04 Å². The third-order valence-electron chi connectivity index (χ3n) is 13.0. The average molecular weight is 814 g/mol.